The van der Waals surface area contributed by atoms with E-state index in [0.29, 0.717) is 6.61 Å². The summed E-state index contributed by atoms with van der Waals surface area (Å²) >= 11 is 3.56. The molecule has 1 aliphatic heterocycles. The Morgan fingerprint density at radius 3 is 2.47 bits per heavy atom. The van der Waals surface area contributed by atoms with Crippen LogP contribution in [0.25, 0.3) is 0 Å². The molecule has 0 saturated carbocycles. The zero-order valence-electron chi connectivity index (χ0n) is 9.62. The molecule has 0 N–H and O–H groups in total. The summed E-state index contributed by atoms with van der Waals surface area (Å²) in [4.78, 5) is 0. The van der Waals surface area contributed by atoms with Gasteiger partial charge in [-0.25, -0.2) is 4.39 Å². The van der Waals surface area contributed by atoms with Gasteiger partial charge in [-0.15, -0.1) is 0 Å². The molecular formula is C13H16BrFO2. The Morgan fingerprint density at radius 1 is 1.24 bits per heavy atom. The van der Waals surface area contributed by atoms with Gasteiger partial charge in [-0.05, 0) is 37.1 Å². The normalized spacial score (nSPS) is 18.9. The predicted molar refractivity (Wildman–Crippen MR) is 68.2 cm³/mol. The second-order valence-electron chi connectivity index (χ2n) is 4.49. The van der Waals surface area contributed by atoms with Crippen LogP contribution in [0.5, 0.6) is 5.75 Å². The Labute approximate surface area is 109 Å². The Bertz CT molecular complexity index is 347. The van der Waals surface area contributed by atoms with Crippen LogP contribution >= 0.6 is 15.9 Å². The van der Waals surface area contributed by atoms with E-state index in [1.807, 2.05) is 0 Å². The Kier molecular flexibility index (Phi) is 4.40. The lowest BCUT2D eigenvalue weighted by Crippen LogP contribution is -2.36. The first-order valence-electron chi connectivity index (χ1n) is 5.76. The number of ether oxygens (including phenoxy) is 2. The molecule has 0 atom stereocenters. The molecular weight excluding hydrogens is 287 g/mol. The molecule has 0 bridgehead atoms. The summed E-state index contributed by atoms with van der Waals surface area (Å²) in [6, 6.07) is 6.16. The molecule has 1 aromatic rings. The van der Waals surface area contributed by atoms with Gasteiger partial charge >= 0.3 is 0 Å². The quantitative estimate of drug-likeness (QED) is 0.794. The highest BCUT2D eigenvalue weighted by atomic mass is 79.9. The van der Waals surface area contributed by atoms with Crippen molar-refractivity contribution in [3.05, 3.63) is 30.1 Å². The number of hydrogen-bond acceptors (Lipinski definition) is 2. The average molecular weight is 303 g/mol. The maximum absolute atomic E-state index is 12.7. The van der Waals surface area contributed by atoms with Crippen LogP contribution in [0.4, 0.5) is 4.39 Å². The smallest absolute Gasteiger partial charge is 0.123 e. The first-order valence-corrected chi connectivity index (χ1v) is 6.88. The fourth-order valence-corrected chi connectivity index (χ4v) is 2.61. The van der Waals surface area contributed by atoms with Gasteiger partial charge < -0.3 is 9.47 Å². The van der Waals surface area contributed by atoms with E-state index in [2.05, 4.69) is 15.9 Å². The largest absolute Gasteiger partial charge is 0.493 e. The van der Waals surface area contributed by atoms with Crippen molar-refractivity contribution in [3.8, 4) is 5.75 Å². The van der Waals surface area contributed by atoms with Gasteiger partial charge in [-0.3, -0.25) is 0 Å². The molecule has 1 aromatic carbocycles. The van der Waals surface area contributed by atoms with Gasteiger partial charge in [-0.1, -0.05) is 15.9 Å². The molecule has 0 aliphatic carbocycles. The summed E-state index contributed by atoms with van der Waals surface area (Å²) < 4.78 is 23.9. The topological polar surface area (TPSA) is 18.5 Å². The second-order valence-corrected chi connectivity index (χ2v) is 5.05. The minimum atomic E-state index is -0.237. The fraction of sp³-hybridized carbons (Fsp3) is 0.538. The second kappa shape index (κ2) is 5.83. The number of benzene rings is 1. The van der Waals surface area contributed by atoms with Crippen molar-refractivity contribution in [2.75, 3.05) is 25.2 Å². The van der Waals surface area contributed by atoms with E-state index in [4.69, 9.17) is 9.47 Å². The average Bonchev–Trinajstić information content (AvgIpc) is 2.39. The molecule has 1 aliphatic rings. The van der Waals surface area contributed by atoms with Gasteiger partial charge in [0.2, 0.25) is 0 Å². The summed E-state index contributed by atoms with van der Waals surface area (Å²) in [6.45, 7) is 2.23. The number of rotatable bonds is 4. The summed E-state index contributed by atoms with van der Waals surface area (Å²) in [5.74, 6) is 0.483. The van der Waals surface area contributed by atoms with Crippen molar-refractivity contribution >= 4 is 15.9 Å². The van der Waals surface area contributed by atoms with Gasteiger partial charge in [0.1, 0.15) is 11.6 Å². The van der Waals surface area contributed by atoms with Crippen LogP contribution in [0.15, 0.2) is 24.3 Å². The lowest BCUT2D eigenvalue weighted by molar-refractivity contribution is 0.00354. The van der Waals surface area contributed by atoms with E-state index in [1.54, 1.807) is 12.1 Å². The van der Waals surface area contributed by atoms with E-state index in [1.165, 1.54) is 12.1 Å². The number of hydrogen-bond donors (Lipinski definition) is 0. The SMILES string of the molecule is Fc1ccc(OCC2(CBr)CCOCC2)cc1. The zero-order valence-corrected chi connectivity index (χ0v) is 11.2. The highest BCUT2D eigenvalue weighted by Gasteiger charge is 2.32. The minimum Gasteiger partial charge on any atom is -0.493 e. The number of halogens is 2. The number of alkyl halides is 1. The molecule has 4 heteroatoms. The highest BCUT2D eigenvalue weighted by molar-refractivity contribution is 9.09. The molecule has 0 unspecified atom stereocenters. The fourth-order valence-electron chi connectivity index (χ4n) is 1.89. The molecule has 1 fully saturated rings. The van der Waals surface area contributed by atoms with Crippen molar-refractivity contribution in [1.29, 1.82) is 0 Å². The molecule has 2 nitrogen and oxygen atoms in total. The van der Waals surface area contributed by atoms with Crippen LogP contribution in [-0.4, -0.2) is 25.2 Å². The zero-order chi connectivity index (χ0) is 12.1. The monoisotopic (exact) mass is 302 g/mol. The Morgan fingerprint density at radius 2 is 1.88 bits per heavy atom. The molecule has 0 radical (unpaired) electrons. The van der Waals surface area contributed by atoms with Crippen LogP contribution in [0, 0.1) is 11.2 Å². The molecule has 17 heavy (non-hydrogen) atoms. The third-order valence-corrected chi connectivity index (χ3v) is 4.39. The predicted octanol–water partition coefficient (Wildman–Crippen LogP) is 3.40. The van der Waals surface area contributed by atoms with E-state index in [0.717, 1.165) is 37.1 Å². The van der Waals surface area contributed by atoms with E-state index in [-0.39, 0.29) is 11.2 Å². The van der Waals surface area contributed by atoms with Gasteiger partial charge in [0, 0.05) is 24.0 Å². The maximum atomic E-state index is 12.7. The summed E-state index contributed by atoms with van der Waals surface area (Å²) in [6.07, 6.45) is 2.00. The van der Waals surface area contributed by atoms with E-state index in [9.17, 15) is 4.39 Å². The molecule has 2 rings (SSSR count). The van der Waals surface area contributed by atoms with Gasteiger partial charge in [-0.2, -0.15) is 0 Å². The van der Waals surface area contributed by atoms with Gasteiger partial charge in [0.05, 0.1) is 6.61 Å². The molecule has 0 spiro atoms. The summed E-state index contributed by atoms with van der Waals surface area (Å²) in [5.41, 5.74) is 0.145. The van der Waals surface area contributed by atoms with Crippen molar-refractivity contribution in [3.63, 3.8) is 0 Å². The van der Waals surface area contributed by atoms with Crippen molar-refractivity contribution in [2.45, 2.75) is 12.8 Å². The standard InChI is InChI=1S/C13H16BrFO2/c14-9-13(5-7-16-8-6-13)10-17-12-3-1-11(15)2-4-12/h1-4H,5-10H2. The van der Waals surface area contributed by atoms with Crippen molar-refractivity contribution in [2.24, 2.45) is 5.41 Å². The third kappa shape index (κ3) is 3.42. The molecule has 1 saturated heterocycles. The first kappa shape index (κ1) is 12.8. The van der Waals surface area contributed by atoms with Crippen LogP contribution in [0.2, 0.25) is 0 Å². The summed E-state index contributed by atoms with van der Waals surface area (Å²) in [7, 11) is 0. The maximum Gasteiger partial charge on any atom is 0.123 e. The third-order valence-electron chi connectivity index (χ3n) is 3.20. The lowest BCUT2D eigenvalue weighted by Gasteiger charge is -2.35. The molecule has 94 valence electrons. The Hall–Kier alpha value is -0.610. The van der Waals surface area contributed by atoms with Gasteiger partial charge in [0.15, 0.2) is 0 Å². The molecule has 0 amide bonds. The summed E-state index contributed by atoms with van der Waals surface area (Å²) in [5, 5.41) is 0.907. The Balaban J connectivity index is 1.93. The van der Waals surface area contributed by atoms with E-state index >= 15 is 0 Å². The minimum absolute atomic E-state index is 0.145. The van der Waals surface area contributed by atoms with Crippen LogP contribution < -0.4 is 4.74 Å². The van der Waals surface area contributed by atoms with E-state index < -0.39 is 0 Å². The van der Waals surface area contributed by atoms with Crippen molar-refractivity contribution < 1.29 is 13.9 Å². The first-order chi connectivity index (χ1) is 8.24. The highest BCUT2D eigenvalue weighted by Crippen LogP contribution is 2.33. The van der Waals surface area contributed by atoms with Crippen LogP contribution in [0.1, 0.15) is 12.8 Å². The van der Waals surface area contributed by atoms with Gasteiger partial charge in [0.25, 0.3) is 0 Å². The van der Waals surface area contributed by atoms with Crippen LogP contribution in [-0.2, 0) is 4.74 Å². The lowest BCUT2D eigenvalue weighted by atomic mass is 9.83. The molecule has 1 heterocycles. The molecule has 0 aromatic heterocycles. The van der Waals surface area contributed by atoms with Crippen molar-refractivity contribution in [1.82, 2.24) is 0 Å². The van der Waals surface area contributed by atoms with Crippen LogP contribution in [0.3, 0.4) is 0 Å².